The highest BCUT2D eigenvalue weighted by atomic mass is 35.5. The number of H-pyrrole nitrogens is 1. The lowest BCUT2D eigenvalue weighted by Gasteiger charge is -2.15. The van der Waals surface area contributed by atoms with Gasteiger partial charge < -0.3 is 0 Å². The maximum Gasteiger partial charge on any atom is 0.417 e. The average Bonchev–Trinajstić information content (AvgIpc) is 3.23. The van der Waals surface area contributed by atoms with Crippen LogP contribution in [0.4, 0.5) is 18.9 Å². The molecule has 4 rings (SSSR count). The van der Waals surface area contributed by atoms with Crippen LogP contribution in [-0.4, -0.2) is 24.2 Å². The number of hydrogen-bond donors (Lipinski definition) is 2. The molecular weight excluding hydrogens is 505 g/mol. The van der Waals surface area contributed by atoms with Crippen LogP contribution in [0.3, 0.4) is 0 Å². The summed E-state index contributed by atoms with van der Waals surface area (Å²) in [7, 11) is -2.72. The summed E-state index contributed by atoms with van der Waals surface area (Å²) < 4.78 is 69.9. The Hall–Kier alpha value is -3.44. The molecule has 0 amide bonds. The number of alkyl halides is 3. The molecule has 12 heteroatoms. The highest BCUT2D eigenvalue weighted by Crippen LogP contribution is 2.36. The number of anilines is 1. The number of sulfonamides is 1. The van der Waals surface area contributed by atoms with Gasteiger partial charge in [0.25, 0.3) is 15.7 Å². The fourth-order valence-electron chi connectivity index (χ4n) is 3.83. The molecule has 7 nitrogen and oxygen atoms in total. The van der Waals surface area contributed by atoms with Crippen LogP contribution < -0.4 is 9.29 Å². The van der Waals surface area contributed by atoms with Gasteiger partial charge >= 0.3 is 6.18 Å². The van der Waals surface area contributed by atoms with Gasteiger partial charge in [-0.25, -0.2) is 18.0 Å². The molecule has 0 aliphatic heterocycles. The van der Waals surface area contributed by atoms with Gasteiger partial charge in [0, 0.05) is 17.3 Å². The average molecular weight is 524 g/mol. The zero-order valence-electron chi connectivity index (χ0n) is 18.7. The number of nitrogens with one attached hydrogen (secondary N) is 2. The molecule has 0 aliphatic carbocycles. The van der Waals surface area contributed by atoms with Crippen molar-refractivity contribution in [3.63, 3.8) is 0 Å². The first-order valence-electron chi connectivity index (χ1n) is 10.2. The van der Waals surface area contributed by atoms with Crippen molar-refractivity contribution in [2.45, 2.75) is 24.9 Å². The highest BCUT2D eigenvalue weighted by Gasteiger charge is 2.35. The van der Waals surface area contributed by atoms with Gasteiger partial charge in [-0.15, -0.1) is 0 Å². The Balaban J connectivity index is 1.81. The topological polar surface area (TPSA) is 95.8 Å². The van der Waals surface area contributed by atoms with Crippen molar-refractivity contribution in [2.75, 3.05) is 4.72 Å². The van der Waals surface area contributed by atoms with Crippen molar-refractivity contribution in [1.29, 1.82) is 0 Å². The number of carbonyl (C=O) groups is 1. The number of benzene rings is 1. The molecular formula is C23H19ClF3N4O3S+. The molecule has 2 N–H and O–H groups in total. The Labute approximate surface area is 203 Å². The second kappa shape index (κ2) is 8.65. The van der Waals surface area contributed by atoms with Crippen LogP contribution in [-0.2, 0) is 23.2 Å². The van der Waals surface area contributed by atoms with Gasteiger partial charge in [0.05, 0.1) is 46.0 Å². The predicted octanol–water partition coefficient (Wildman–Crippen LogP) is 4.71. The fraction of sp³-hybridized carbons (Fsp3) is 0.174. The molecule has 0 atom stereocenters. The SMILES string of the molecule is Cc1cnc(C(=O)c2c(C)c[n+](C)c3[nH]ccc23)c(NS(=O)(=O)c2ccc(Cl)c(C(F)(F)F)c2)c1. The number of pyridine rings is 2. The molecule has 0 saturated heterocycles. The minimum atomic E-state index is -4.85. The number of hydrogen-bond acceptors (Lipinski definition) is 4. The van der Waals surface area contributed by atoms with Crippen molar-refractivity contribution in [3.8, 4) is 0 Å². The van der Waals surface area contributed by atoms with Gasteiger partial charge in [-0.1, -0.05) is 11.6 Å². The van der Waals surface area contributed by atoms with Gasteiger partial charge in [0.1, 0.15) is 5.69 Å². The minimum Gasteiger partial charge on any atom is -0.287 e. The monoisotopic (exact) mass is 523 g/mol. The summed E-state index contributed by atoms with van der Waals surface area (Å²) in [5.74, 6) is -0.544. The summed E-state index contributed by atoms with van der Waals surface area (Å²) in [5.41, 5.74) is 0.528. The molecule has 0 spiro atoms. The van der Waals surface area contributed by atoms with E-state index in [0.29, 0.717) is 33.8 Å². The zero-order chi connectivity index (χ0) is 25.7. The standard InChI is InChI=1S/C23H18ClF3N4O3S/c1-12-8-18(30-35(33,34)14-4-5-17(24)16(9-14)23(25,26)27)20(29-10-12)21(32)19-13(2)11-31(3)22-15(19)6-7-28-22/h4-11H,1-3H3,(H,30,32)/p+1. The molecule has 1 aromatic carbocycles. The third kappa shape index (κ3) is 4.61. The number of aromatic nitrogens is 3. The number of halogens is 4. The summed E-state index contributed by atoms with van der Waals surface area (Å²) in [6, 6.07) is 5.37. The van der Waals surface area contributed by atoms with Crippen LogP contribution in [0.2, 0.25) is 5.02 Å². The van der Waals surface area contributed by atoms with Crippen LogP contribution >= 0.6 is 11.6 Å². The van der Waals surface area contributed by atoms with Gasteiger partial charge in [0.2, 0.25) is 5.78 Å². The highest BCUT2D eigenvalue weighted by molar-refractivity contribution is 7.92. The summed E-state index contributed by atoms with van der Waals surface area (Å²) >= 11 is 5.62. The van der Waals surface area contributed by atoms with Gasteiger partial charge in [-0.3, -0.25) is 14.5 Å². The van der Waals surface area contributed by atoms with Crippen molar-refractivity contribution in [1.82, 2.24) is 9.97 Å². The van der Waals surface area contributed by atoms with E-state index in [0.717, 1.165) is 12.1 Å². The predicted molar refractivity (Wildman–Crippen MR) is 124 cm³/mol. The maximum atomic E-state index is 13.6. The maximum absolute atomic E-state index is 13.6. The largest absolute Gasteiger partial charge is 0.417 e. The van der Waals surface area contributed by atoms with E-state index in [2.05, 4.69) is 14.7 Å². The van der Waals surface area contributed by atoms with E-state index in [-0.39, 0.29) is 11.4 Å². The first kappa shape index (κ1) is 24.7. The molecule has 3 heterocycles. The van der Waals surface area contributed by atoms with Crippen LogP contribution in [0.5, 0.6) is 0 Å². The van der Waals surface area contributed by atoms with Crippen LogP contribution in [0.15, 0.2) is 53.8 Å². The minimum absolute atomic E-state index is 0.158. The Kier molecular flexibility index (Phi) is 6.10. The van der Waals surface area contributed by atoms with Crippen LogP contribution in [0.1, 0.15) is 32.7 Å². The van der Waals surface area contributed by atoms with E-state index in [1.165, 1.54) is 12.3 Å². The van der Waals surface area contributed by atoms with Gasteiger partial charge in [0.15, 0.2) is 0 Å². The number of aromatic amines is 1. The van der Waals surface area contributed by atoms with E-state index in [9.17, 15) is 26.4 Å². The Morgan fingerprint density at radius 1 is 1.17 bits per heavy atom. The lowest BCUT2D eigenvalue weighted by Crippen LogP contribution is -2.30. The van der Waals surface area contributed by atoms with Crippen molar-refractivity contribution >= 4 is 44.1 Å². The lowest BCUT2D eigenvalue weighted by atomic mass is 9.99. The lowest BCUT2D eigenvalue weighted by molar-refractivity contribution is -0.647. The molecule has 0 bridgehead atoms. The van der Waals surface area contributed by atoms with E-state index >= 15 is 0 Å². The number of nitrogens with zero attached hydrogens (tertiary/aromatic N) is 2. The fourth-order valence-corrected chi connectivity index (χ4v) is 5.13. The summed E-state index contributed by atoms with van der Waals surface area (Å²) in [6.45, 7) is 3.38. The Morgan fingerprint density at radius 3 is 2.57 bits per heavy atom. The summed E-state index contributed by atoms with van der Waals surface area (Å²) in [6.07, 6.45) is -0.0263. The number of rotatable bonds is 5. The van der Waals surface area contributed by atoms with Crippen LogP contribution in [0.25, 0.3) is 11.0 Å². The molecule has 0 fully saturated rings. The molecule has 35 heavy (non-hydrogen) atoms. The van der Waals surface area contributed by atoms with Crippen molar-refractivity contribution in [2.24, 2.45) is 7.05 Å². The van der Waals surface area contributed by atoms with E-state index in [1.807, 2.05) is 11.6 Å². The van der Waals surface area contributed by atoms with Crippen LogP contribution in [0, 0.1) is 13.8 Å². The third-order valence-electron chi connectivity index (χ3n) is 5.39. The Morgan fingerprint density at radius 2 is 1.89 bits per heavy atom. The quantitative estimate of drug-likeness (QED) is 0.292. The number of aryl methyl sites for hydroxylation is 3. The number of ketones is 1. The number of carbonyl (C=O) groups excluding carboxylic acids is 1. The van der Waals surface area contributed by atoms with Gasteiger partial charge in [-0.2, -0.15) is 13.2 Å². The van der Waals surface area contributed by atoms with Crippen molar-refractivity contribution in [3.05, 3.63) is 81.9 Å². The molecule has 3 aromatic heterocycles. The zero-order valence-corrected chi connectivity index (χ0v) is 20.2. The van der Waals surface area contributed by atoms with E-state index < -0.39 is 37.5 Å². The molecule has 0 aliphatic rings. The molecule has 4 aromatic rings. The Bertz CT molecular complexity index is 1600. The van der Waals surface area contributed by atoms with E-state index in [1.54, 1.807) is 32.3 Å². The molecule has 0 radical (unpaired) electrons. The first-order valence-corrected chi connectivity index (χ1v) is 12.0. The van der Waals surface area contributed by atoms with E-state index in [4.69, 9.17) is 11.6 Å². The van der Waals surface area contributed by atoms with Crippen molar-refractivity contribution < 1.29 is 31.0 Å². The summed E-state index contributed by atoms with van der Waals surface area (Å²) in [5, 5.41) is -0.0195. The smallest absolute Gasteiger partial charge is 0.287 e. The normalized spacial score (nSPS) is 12.2. The second-order valence-electron chi connectivity index (χ2n) is 8.02. The first-order chi connectivity index (χ1) is 16.3. The summed E-state index contributed by atoms with van der Waals surface area (Å²) in [4.78, 5) is 20.1. The molecule has 0 unspecified atom stereocenters. The second-order valence-corrected chi connectivity index (χ2v) is 10.1. The molecule has 182 valence electrons. The number of fused-ring (bicyclic) bond motifs is 1. The third-order valence-corrected chi connectivity index (χ3v) is 7.09. The molecule has 0 saturated carbocycles. The van der Waals surface area contributed by atoms with Gasteiger partial charge in [-0.05, 0) is 49.7 Å².